The third-order valence-electron chi connectivity index (χ3n) is 6.08. The normalized spacial score (nSPS) is 30.8. The second kappa shape index (κ2) is 7.32. The molecule has 1 unspecified atom stereocenters. The molecule has 0 aromatic rings. The minimum absolute atomic E-state index is 0.0447. The van der Waals surface area contributed by atoms with Crippen LogP contribution in [0, 0.1) is 17.3 Å². The molecule has 2 amide bonds. The van der Waals surface area contributed by atoms with Crippen LogP contribution < -0.4 is 5.32 Å². The summed E-state index contributed by atoms with van der Waals surface area (Å²) in [5.41, 5.74) is -0.871. The van der Waals surface area contributed by atoms with Crippen molar-refractivity contribution in [1.82, 2.24) is 10.2 Å². The molecule has 0 radical (unpaired) electrons. The quantitative estimate of drug-likeness (QED) is 0.770. The summed E-state index contributed by atoms with van der Waals surface area (Å²) in [5.74, 6) is -0.943. The maximum atomic E-state index is 12.6. The molecule has 2 heterocycles. The van der Waals surface area contributed by atoms with Crippen molar-refractivity contribution < 1.29 is 24.2 Å². The monoisotopic (exact) mass is 352 g/mol. The molecule has 3 rings (SSSR count). The van der Waals surface area contributed by atoms with Crippen molar-refractivity contribution in [1.29, 1.82) is 0 Å². The van der Waals surface area contributed by atoms with E-state index in [0.29, 0.717) is 26.2 Å². The fraction of sp³-hybridized carbons (Fsp3) is 0.833. The van der Waals surface area contributed by atoms with Gasteiger partial charge in [-0.1, -0.05) is 12.8 Å². The molecule has 0 spiro atoms. The van der Waals surface area contributed by atoms with E-state index in [0.717, 1.165) is 25.7 Å². The molecule has 0 aromatic heterocycles. The highest BCUT2D eigenvalue weighted by Crippen LogP contribution is 2.42. The van der Waals surface area contributed by atoms with E-state index in [1.165, 1.54) is 0 Å². The SMILES string of the molecule is CC(CC(=O)N1C[C@H]2COCC[C@@]2(C(=O)O)C1)NC(=O)C1CCCC1. The number of carbonyl (C=O) groups excluding carboxylic acids is 2. The van der Waals surface area contributed by atoms with Gasteiger partial charge in [-0.05, 0) is 26.2 Å². The topological polar surface area (TPSA) is 95.9 Å². The average molecular weight is 352 g/mol. The molecule has 7 nitrogen and oxygen atoms in total. The van der Waals surface area contributed by atoms with Crippen LogP contribution in [-0.2, 0) is 19.1 Å². The second-order valence-corrected chi connectivity index (χ2v) is 7.85. The van der Waals surface area contributed by atoms with Crippen molar-refractivity contribution in [3.8, 4) is 0 Å². The molecular weight excluding hydrogens is 324 g/mol. The first-order valence-corrected chi connectivity index (χ1v) is 9.31. The zero-order chi connectivity index (χ0) is 18.0. The van der Waals surface area contributed by atoms with Gasteiger partial charge in [0.25, 0.3) is 0 Å². The predicted molar refractivity (Wildman–Crippen MR) is 89.8 cm³/mol. The highest BCUT2D eigenvalue weighted by atomic mass is 16.5. The van der Waals surface area contributed by atoms with E-state index >= 15 is 0 Å². The van der Waals surface area contributed by atoms with Crippen molar-refractivity contribution >= 4 is 17.8 Å². The predicted octanol–water partition coefficient (Wildman–Crippen LogP) is 1.02. The molecule has 140 valence electrons. The van der Waals surface area contributed by atoms with Gasteiger partial charge in [0.05, 0.1) is 12.0 Å². The fourth-order valence-electron chi connectivity index (χ4n) is 4.48. The molecule has 2 N–H and O–H groups in total. The Bertz CT molecular complexity index is 546. The van der Waals surface area contributed by atoms with E-state index in [2.05, 4.69) is 5.32 Å². The van der Waals surface area contributed by atoms with Gasteiger partial charge in [-0.15, -0.1) is 0 Å². The van der Waals surface area contributed by atoms with Crippen LogP contribution in [0.4, 0.5) is 0 Å². The van der Waals surface area contributed by atoms with Crippen molar-refractivity contribution in [2.24, 2.45) is 17.3 Å². The van der Waals surface area contributed by atoms with Crippen molar-refractivity contribution in [3.05, 3.63) is 0 Å². The van der Waals surface area contributed by atoms with Crippen LogP contribution in [0.1, 0.15) is 45.4 Å². The van der Waals surface area contributed by atoms with Crippen molar-refractivity contribution in [2.45, 2.75) is 51.5 Å². The smallest absolute Gasteiger partial charge is 0.311 e. The van der Waals surface area contributed by atoms with Crippen LogP contribution in [0.5, 0.6) is 0 Å². The molecule has 2 aliphatic heterocycles. The van der Waals surface area contributed by atoms with E-state index in [4.69, 9.17) is 4.74 Å². The molecule has 7 heteroatoms. The zero-order valence-electron chi connectivity index (χ0n) is 14.8. The molecule has 3 atom stereocenters. The zero-order valence-corrected chi connectivity index (χ0v) is 14.8. The summed E-state index contributed by atoms with van der Waals surface area (Å²) in [6.07, 6.45) is 4.72. The van der Waals surface area contributed by atoms with Gasteiger partial charge < -0.3 is 20.1 Å². The maximum Gasteiger partial charge on any atom is 0.311 e. The molecule has 2 saturated heterocycles. The highest BCUT2D eigenvalue weighted by Gasteiger charge is 2.54. The van der Waals surface area contributed by atoms with Crippen molar-refractivity contribution in [2.75, 3.05) is 26.3 Å². The molecule has 0 bridgehead atoms. The Morgan fingerprint density at radius 3 is 2.68 bits per heavy atom. The van der Waals surface area contributed by atoms with Gasteiger partial charge in [-0.25, -0.2) is 0 Å². The van der Waals surface area contributed by atoms with E-state index in [9.17, 15) is 19.5 Å². The summed E-state index contributed by atoms with van der Waals surface area (Å²) in [6.45, 7) is 3.33. The number of ether oxygens (including phenoxy) is 1. The van der Waals surface area contributed by atoms with Crippen LogP contribution in [0.2, 0.25) is 0 Å². The van der Waals surface area contributed by atoms with Gasteiger partial charge in [0.2, 0.25) is 11.8 Å². The first-order chi connectivity index (χ1) is 11.9. The number of likely N-dealkylation sites (tertiary alicyclic amines) is 1. The number of carboxylic acid groups (broad SMARTS) is 1. The summed E-state index contributed by atoms with van der Waals surface area (Å²) in [4.78, 5) is 38.2. The number of nitrogens with zero attached hydrogens (tertiary/aromatic N) is 1. The highest BCUT2D eigenvalue weighted by molar-refractivity contribution is 5.83. The lowest BCUT2D eigenvalue weighted by Crippen LogP contribution is -2.45. The Labute approximate surface area is 148 Å². The minimum atomic E-state index is -0.871. The number of amides is 2. The number of fused-ring (bicyclic) bond motifs is 1. The van der Waals surface area contributed by atoms with Gasteiger partial charge in [0.1, 0.15) is 0 Å². The lowest BCUT2D eigenvalue weighted by Gasteiger charge is -2.33. The first kappa shape index (κ1) is 18.2. The fourth-order valence-corrected chi connectivity index (χ4v) is 4.48. The van der Waals surface area contributed by atoms with Crippen LogP contribution in [0.3, 0.4) is 0 Å². The van der Waals surface area contributed by atoms with E-state index in [-0.39, 0.29) is 42.7 Å². The standard InChI is InChI=1S/C18H28N2O5/c1-12(19-16(22)13-4-2-3-5-13)8-15(21)20-9-14-10-25-7-6-18(14,11-20)17(23)24/h12-14H,2-11H2,1H3,(H,19,22)(H,23,24)/t12?,14-,18+/m0/s1. The maximum absolute atomic E-state index is 12.6. The number of carboxylic acids is 1. The van der Waals surface area contributed by atoms with Gasteiger partial charge >= 0.3 is 5.97 Å². The molecule has 25 heavy (non-hydrogen) atoms. The summed E-state index contributed by atoms with van der Waals surface area (Å²) in [6, 6.07) is -0.236. The van der Waals surface area contributed by atoms with Crippen LogP contribution in [0.15, 0.2) is 0 Å². The third kappa shape index (κ3) is 3.66. The number of aliphatic carboxylic acids is 1. The van der Waals surface area contributed by atoms with E-state index in [1.807, 2.05) is 6.92 Å². The third-order valence-corrected chi connectivity index (χ3v) is 6.08. The summed E-state index contributed by atoms with van der Waals surface area (Å²) in [5, 5.41) is 12.6. The largest absolute Gasteiger partial charge is 0.481 e. The molecule has 3 fully saturated rings. The van der Waals surface area contributed by atoms with E-state index < -0.39 is 11.4 Å². The lowest BCUT2D eigenvalue weighted by molar-refractivity contribution is -0.157. The van der Waals surface area contributed by atoms with Crippen LogP contribution >= 0.6 is 0 Å². The number of hydrogen-bond acceptors (Lipinski definition) is 4. The van der Waals surface area contributed by atoms with Crippen LogP contribution in [0.25, 0.3) is 0 Å². The van der Waals surface area contributed by atoms with Gasteiger partial charge in [0, 0.05) is 44.0 Å². The molecular formula is C18H28N2O5. The number of carbonyl (C=O) groups is 3. The number of nitrogens with one attached hydrogen (secondary N) is 1. The minimum Gasteiger partial charge on any atom is -0.481 e. The Morgan fingerprint density at radius 1 is 1.32 bits per heavy atom. The Kier molecular flexibility index (Phi) is 5.32. The molecule has 1 saturated carbocycles. The Morgan fingerprint density at radius 2 is 2.04 bits per heavy atom. The van der Waals surface area contributed by atoms with E-state index in [1.54, 1.807) is 4.90 Å². The molecule has 0 aromatic carbocycles. The number of hydrogen-bond donors (Lipinski definition) is 2. The first-order valence-electron chi connectivity index (χ1n) is 9.31. The van der Waals surface area contributed by atoms with Gasteiger partial charge in [-0.2, -0.15) is 0 Å². The Hall–Kier alpha value is -1.63. The number of rotatable bonds is 5. The average Bonchev–Trinajstić information content (AvgIpc) is 3.22. The molecule has 1 aliphatic carbocycles. The Balaban J connectivity index is 1.54. The second-order valence-electron chi connectivity index (χ2n) is 7.85. The van der Waals surface area contributed by atoms with Crippen LogP contribution in [-0.4, -0.2) is 60.1 Å². The summed E-state index contributed by atoms with van der Waals surface area (Å²) < 4.78 is 5.42. The van der Waals surface area contributed by atoms with Gasteiger partial charge in [-0.3, -0.25) is 14.4 Å². The summed E-state index contributed by atoms with van der Waals surface area (Å²) in [7, 11) is 0. The van der Waals surface area contributed by atoms with Crippen molar-refractivity contribution in [3.63, 3.8) is 0 Å². The van der Waals surface area contributed by atoms with Gasteiger partial charge in [0.15, 0.2) is 0 Å². The summed E-state index contributed by atoms with van der Waals surface area (Å²) >= 11 is 0. The lowest BCUT2D eigenvalue weighted by atomic mass is 9.74. The molecule has 3 aliphatic rings.